The summed E-state index contributed by atoms with van der Waals surface area (Å²) in [5.74, 6) is -1.02. The normalized spacial score (nSPS) is 19.7. The molecule has 0 aromatic rings. The Balaban J connectivity index is 0.00000163. The molecule has 0 spiro atoms. The van der Waals surface area contributed by atoms with Gasteiger partial charge < -0.3 is 5.01 Å². The van der Waals surface area contributed by atoms with Gasteiger partial charge in [0.15, 0.2) is 6.04 Å². The van der Waals surface area contributed by atoms with Crippen LogP contribution in [0.4, 0.5) is 26.3 Å². The maximum atomic E-state index is 12.8. The van der Waals surface area contributed by atoms with Crippen LogP contribution in [0, 0.1) is 28.6 Å². The molecule has 136 valence electrons. The Labute approximate surface area is 144 Å². The molecular weight excluding hydrogens is 406 g/mol. The van der Waals surface area contributed by atoms with E-state index in [2.05, 4.69) is 15.9 Å². The second kappa shape index (κ2) is 9.14. The van der Waals surface area contributed by atoms with Crippen molar-refractivity contribution in [2.75, 3.05) is 13.6 Å². The quantitative estimate of drug-likeness (QED) is 0.635. The summed E-state index contributed by atoms with van der Waals surface area (Å²) in [5, 5.41) is 18.1. The molecule has 2 atom stereocenters. The number of nitriles is 2. The molecule has 0 saturated carbocycles. The van der Waals surface area contributed by atoms with Crippen molar-refractivity contribution in [2.24, 2.45) is 5.92 Å². The predicted molar refractivity (Wildman–Crippen MR) is 77.0 cm³/mol. The van der Waals surface area contributed by atoms with Crippen molar-refractivity contribution in [1.29, 1.82) is 10.5 Å². The van der Waals surface area contributed by atoms with Crippen molar-refractivity contribution < 1.29 is 26.3 Å². The Morgan fingerprint density at radius 1 is 1.25 bits per heavy atom. The number of rotatable bonds is 4. The van der Waals surface area contributed by atoms with E-state index >= 15 is 0 Å². The molecule has 11 heteroatoms. The molecule has 2 unspecified atom stereocenters. The topological polar surface area (TPSA) is 54.1 Å². The molecule has 0 aromatic carbocycles. The van der Waals surface area contributed by atoms with Crippen LogP contribution in [0.5, 0.6) is 0 Å². The monoisotopic (exact) mass is 420 g/mol. The first kappa shape index (κ1) is 22.5. The van der Waals surface area contributed by atoms with E-state index < -0.39 is 37.2 Å². The van der Waals surface area contributed by atoms with Gasteiger partial charge in [-0.1, -0.05) is 15.9 Å². The molecule has 0 bridgehead atoms. The van der Waals surface area contributed by atoms with E-state index in [0.717, 1.165) is 16.2 Å². The van der Waals surface area contributed by atoms with E-state index in [1.807, 2.05) is 0 Å². The number of hydrazine groups is 1. The standard InChI is InChI=1S/C11H12BrF6N3.C2H3N/c1-20-9(11(16,17)18)8(12)6-21(20)5-7(4-19)2-3-10(13,14)15;1-2-3/h6-7,9H,2-3,5H2,1H3;1H3. The lowest BCUT2D eigenvalue weighted by Crippen LogP contribution is -2.47. The summed E-state index contributed by atoms with van der Waals surface area (Å²) >= 11 is 2.80. The second-order valence-electron chi connectivity index (χ2n) is 4.86. The molecule has 1 aliphatic heterocycles. The highest BCUT2D eigenvalue weighted by molar-refractivity contribution is 9.11. The number of hydrogen-bond donors (Lipinski definition) is 0. The Kier molecular flexibility index (Phi) is 8.58. The van der Waals surface area contributed by atoms with Crippen LogP contribution in [-0.2, 0) is 0 Å². The second-order valence-corrected chi connectivity index (χ2v) is 5.77. The van der Waals surface area contributed by atoms with Crippen LogP contribution in [0.15, 0.2) is 10.7 Å². The SMILES string of the molecule is CC#N.CN1C(C(F)(F)F)C(Br)=CN1CC(C#N)CCC(F)(F)F. The van der Waals surface area contributed by atoms with Crippen LogP contribution in [0.1, 0.15) is 19.8 Å². The fraction of sp³-hybridized carbons (Fsp3) is 0.692. The molecule has 24 heavy (non-hydrogen) atoms. The fourth-order valence-corrected chi connectivity index (χ4v) is 2.73. The third-order valence-electron chi connectivity index (χ3n) is 2.99. The molecule has 0 radical (unpaired) electrons. The molecule has 4 nitrogen and oxygen atoms in total. The minimum absolute atomic E-state index is 0.148. The van der Waals surface area contributed by atoms with Gasteiger partial charge in [-0.2, -0.15) is 36.9 Å². The van der Waals surface area contributed by atoms with E-state index in [0.29, 0.717) is 0 Å². The molecule has 0 aromatic heterocycles. The number of halogens is 7. The van der Waals surface area contributed by atoms with Gasteiger partial charge in [0.2, 0.25) is 0 Å². The fourth-order valence-electron chi connectivity index (χ4n) is 1.94. The lowest BCUT2D eigenvalue weighted by atomic mass is 10.0. The maximum Gasteiger partial charge on any atom is 0.410 e. The van der Waals surface area contributed by atoms with Crippen molar-refractivity contribution in [2.45, 2.75) is 38.2 Å². The summed E-state index contributed by atoms with van der Waals surface area (Å²) in [6.07, 6.45) is -9.37. The van der Waals surface area contributed by atoms with Gasteiger partial charge in [0.1, 0.15) is 0 Å². The maximum absolute atomic E-state index is 12.8. The molecule has 1 rings (SSSR count). The van der Waals surface area contributed by atoms with Gasteiger partial charge in [0.25, 0.3) is 0 Å². The van der Waals surface area contributed by atoms with Crippen molar-refractivity contribution >= 4 is 15.9 Å². The number of hydrogen-bond acceptors (Lipinski definition) is 4. The third-order valence-corrected chi connectivity index (χ3v) is 3.63. The summed E-state index contributed by atoms with van der Waals surface area (Å²) in [6.45, 7) is 1.20. The third kappa shape index (κ3) is 7.41. The van der Waals surface area contributed by atoms with E-state index in [1.165, 1.54) is 14.0 Å². The first-order chi connectivity index (χ1) is 10.9. The van der Waals surface area contributed by atoms with Gasteiger partial charge in [-0.15, -0.1) is 0 Å². The number of alkyl halides is 6. The highest BCUT2D eigenvalue weighted by Crippen LogP contribution is 2.37. The van der Waals surface area contributed by atoms with Crippen LogP contribution in [0.25, 0.3) is 0 Å². The molecular formula is C13H15BrF6N4. The minimum Gasteiger partial charge on any atom is -0.310 e. The lowest BCUT2D eigenvalue weighted by molar-refractivity contribution is -0.187. The lowest BCUT2D eigenvalue weighted by Gasteiger charge is -2.32. The van der Waals surface area contributed by atoms with Crippen molar-refractivity contribution in [1.82, 2.24) is 10.0 Å². The smallest absolute Gasteiger partial charge is 0.310 e. The van der Waals surface area contributed by atoms with Crippen LogP contribution < -0.4 is 0 Å². The average molecular weight is 421 g/mol. The summed E-state index contributed by atoms with van der Waals surface area (Å²) in [6, 6.07) is 1.56. The van der Waals surface area contributed by atoms with Crippen molar-refractivity contribution in [3.05, 3.63) is 10.7 Å². The zero-order valence-electron chi connectivity index (χ0n) is 12.8. The largest absolute Gasteiger partial charge is 0.410 e. The highest BCUT2D eigenvalue weighted by atomic mass is 79.9. The molecule has 0 N–H and O–H groups in total. The van der Waals surface area contributed by atoms with Gasteiger partial charge in [-0.3, -0.25) is 0 Å². The summed E-state index contributed by atoms with van der Waals surface area (Å²) in [7, 11) is 1.17. The zero-order valence-corrected chi connectivity index (χ0v) is 14.4. The van der Waals surface area contributed by atoms with Gasteiger partial charge >= 0.3 is 12.4 Å². The Hall–Kier alpha value is -1.46. The van der Waals surface area contributed by atoms with Gasteiger partial charge in [-0.25, -0.2) is 5.01 Å². The Bertz CT molecular complexity index is 517. The van der Waals surface area contributed by atoms with Crippen molar-refractivity contribution in [3.63, 3.8) is 0 Å². The molecule has 0 saturated heterocycles. The average Bonchev–Trinajstić information content (AvgIpc) is 2.68. The first-order valence-corrected chi connectivity index (χ1v) is 7.37. The highest BCUT2D eigenvalue weighted by Gasteiger charge is 2.49. The van der Waals surface area contributed by atoms with Gasteiger partial charge in [-0.05, 0) is 6.42 Å². The minimum atomic E-state index is -4.52. The van der Waals surface area contributed by atoms with Crippen molar-refractivity contribution in [3.8, 4) is 12.1 Å². The van der Waals surface area contributed by atoms with E-state index in [1.54, 1.807) is 12.1 Å². The zero-order chi connectivity index (χ0) is 19.1. The summed E-state index contributed by atoms with van der Waals surface area (Å²) < 4.78 is 74.6. The number of nitrogens with zero attached hydrogens (tertiary/aromatic N) is 4. The van der Waals surface area contributed by atoms with E-state index in [9.17, 15) is 26.3 Å². The molecule has 0 aliphatic carbocycles. The Morgan fingerprint density at radius 2 is 1.75 bits per heavy atom. The summed E-state index contributed by atoms with van der Waals surface area (Å²) in [4.78, 5) is 0. The van der Waals surface area contributed by atoms with Crippen LogP contribution in [-0.4, -0.2) is 42.0 Å². The van der Waals surface area contributed by atoms with Gasteiger partial charge in [0.05, 0.1) is 18.1 Å². The van der Waals surface area contributed by atoms with E-state index in [-0.39, 0.29) is 11.0 Å². The number of likely N-dealkylation sites (N-methyl/N-ethyl adjacent to an activating group) is 1. The van der Waals surface area contributed by atoms with Crippen LogP contribution >= 0.6 is 15.9 Å². The Morgan fingerprint density at radius 3 is 2.08 bits per heavy atom. The van der Waals surface area contributed by atoms with Gasteiger partial charge in [0, 0.05) is 37.6 Å². The summed E-state index contributed by atoms with van der Waals surface area (Å²) in [5.41, 5.74) is 0. The van der Waals surface area contributed by atoms with Crippen LogP contribution in [0.3, 0.4) is 0 Å². The molecule has 0 amide bonds. The molecule has 0 fully saturated rings. The predicted octanol–water partition coefficient (Wildman–Crippen LogP) is 4.33. The van der Waals surface area contributed by atoms with Crippen LogP contribution in [0.2, 0.25) is 0 Å². The first-order valence-electron chi connectivity index (χ1n) is 6.57. The van der Waals surface area contributed by atoms with E-state index in [4.69, 9.17) is 10.5 Å². The molecule has 1 aliphatic rings. The molecule has 1 heterocycles.